The first kappa shape index (κ1) is 10.8. The number of nitrogens with zero attached hydrogens (tertiary/aromatic N) is 2. The quantitative estimate of drug-likeness (QED) is 0.698. The molecule has 0 fully saturated rings. The molecular weight excluding hydrogens is 156 g/mol. The van der Waals surface area contributed by atoms with E-state index in [1.54, 1.807) is 0 Å². The first-order chi connectivity index (χ1) is 5.63. The molecule has 0 radical (unpaired) electrons. The molecule has 4 nitrogen and oxygen atoms in total. The largest absolute Gasteiger partial charge is 0.465 e. The van der Waals surface area contributed by atoms with Gasteiger partial charge in [0.1, 0.15) is 0 Å². The Morgan fingerprint density at radius 2 is 2.33 bits per heavy atom. The molecule has 0 rings (SSSR count). The molecule has 12 heavy (non-hydrogen) atoms. The van der Waals surface area contributed by atoms with Crippen molar-refractivity contribution in [3.8, 4) is 6.07 Å². The Kier molecular flexibility index (Phi) is 4.86. The lowest BCUT2D eigenvalue weighted by atomic mass is 10.2. The molecule has 0 bridgehead atoms. The van der Waals surface area contributed by atoms with E-state index in [-0.39, 0.29) is 12.5 Å². The highest BCUT2D eigenvalue weighted by atomic mass is 16.4. The second-order valence-corrected chi connectivity index (χ2v) is 2.64. The summed E-state index contributed by atoms with van der Waals surface area (Å²) in [5.41, 5.74) is 0. The third-order valence-electron chi connectivity index (χ3n) is 1.83. The minimum Gasteiger partial charge on any atom is -0.465 e. The fraction of sp³-hybridized carbons (Fsp3) is 0.750. The molecule has 1 atom stereocenters. The van der Waals surface area contributed by atoms with Crippen LogP contribution in [0.15, 0.2) is 0 Å². The van der Waals surface area contributed by atoms with Crippen LogP contribution in [-0.4, -0.2) is 28.7 Å². The molecule has 0 heterocycles. The lowest BCUT2D eigenvalue weighted by Gasteiger charge is -2.24. The van der Waals surface area contributed by atoms with Crippen LogP contribution in [0.2, 0.25) is 0 Å². The Morgan fingerprint density at radius 1 is 1.75 bits per heavy atom. The van der Waals surface area contributed by atoms with Crippen molar-refractivity contribution >= 4 is 6.09 Å². The molecule has 0 aromatic heterocycles. The average molecular weight is 170 g/mol. The van der Waals surface area contributed by atoms with E-state index in [1.165, 1.54) is 4.90 Å². The van der Waals surface area contributed by atoms with E-state index in [1.807, 2.05) is 19.9 Å². The standard InChI is InChI=1S/C8H14N2O2/c1-3-7(2)10(8(11)12)6-4-5-9/h7H,3-4,6H2,1-2H3,(H,11,12). The zero-order chi connectivity index (χ0) is 9.56. The van der Waals surface area contributed by atoms with Gasteiger partial charge in [0.25, 0.3) is 0 Å². The van der Waals surface area contributed by atoms with Gasteiger partial charge in [0.05, 0.1) is 12.5 Å². The summed E-state index contributed by atoms with van der Waals surface area (Å²) in [6.07, 6.45) is 0.0913. The molecule has 0 aliphatic rings. The van der Waals surface area contributed by atoms with Crippen LogP contribution in [0.4, 0.5) is 4.79 Å². The van der Waals surface area contributed by atoms with Gasteiger partial charge in [0.15, 0.2) is 0 Å². The summed E-state index contributed by atoms with van der Waals surface area (Å²) >= 11 is 0. The maximum Gasteiger partial charge on any atom is 0.407 e. The second kappa shape index (κ2) is 5.42. The molecule has 0 aromatic rings. The lowest BCUT2D eigenvalue weighted by Crippen LogP contribution is -2.37. The van der Waals surface area contributed by atoms with Gasteiger partial charge in [0, 0.05) is 12.6 Å². The van der Waals surface area contributed by atoms with E-state index in [0.717, 1.165) is 6.42 Å². The second-order valence-electron chi connectivity index (χ2n) is 2.64. The van der Waals surface area contributed by atoms with Crippen molar-refractivity contribution < 1.29 is 9.90 Å². The number of amides is 1. The average Bonchev–Trinajstić information content (AvgIpc) is 2.04. The Bertz CT molecular complexity index is 186. The molecule has 1 unspecified atom stereocenters. The van der Waals surface area contributed by atoms with Crippen LogP contribution in [0, 0.1) is 11.3 Å². The highest BCUT2D eigenvalue weighted by molar-refractivity contribution is 5.65. The van der Waals surface area contributed by atoms with Crippen molar-refractivity contribution in [1.82, 2.24) is 4.90 Å². The van der Waals surface area contributed by atoms with Crippen LogP contribution in [-0.2, 0) is 0 Å². The van der Waals surface area contributed by atoms with E-state index >= 15 is 0 Å². The predicted molar refractivity (Wildman–Crippen MR) is 44.7 cm³/mol. The van der Waals surface area contributed by atoms with E-state index in [2.05, 4.69) is 0 Å². The highest BCUT2D eigenvalue weighted by Gasteiger charge is 2.16. The molecule has 1 N–H and O–H groups in total. The minimum atomic E-state index is -0.945. The van der Waals surface area contributed by atoms with Crippen molar-refractivity contribution in [3.05, 3.63) is 0 Å². The van der Waals surface area contributed by atoms with Crippen LogP contribution in [0.3, 0.4) is 0 Å². The molecule has 0 aliphatic carbocycles. The summed E-state index contributed by atoms with van der Waals surface area (Å²) in [5.74, 6) is 0. The zero-order valence-electron chi connectivity index (χ0n) is 7.45. The van der Waals surface area contributed by atoms with E-state index in [4.69, 9.17) is 10.4 Å². The topological polar surface area (TPSA) is 64.3 Å². The summed E-state index contributed by atoms with van der Waals surface area (Å²) < 4.78 is 0. The monoisotopic (exact) mass is 170 g/mol. The van der Waals surface area contributed by atoms with Gasteiger partial charge in [-0.15, -0.1) is 0 Å². The first-order valence-corrected chi connectivity index (χ1v) is 4.00. The molecule has 0 saturated heterocycles. The SMILES string of the molecule is CCC(C)N(CCC#N)C(=O)O. The number of hydrogen-bond donors (Lipinski definition) is 1. The molecule has 0 aromatic carbocycles. The molecule has 1 amide bonds. The van der Waals surface area contributed by atoms with Gasteiger partial charge in [-0.05, 0) is 13.3 Å². The van der Waals surface area contributed by atoms with Crippen LogP contribution in [0.25, 0.3) is 0 Å². The summed E-state index contributed by atoms with van der Waals surface area (Å²) in [7, 11) is 0. The van der Waals surface area contributed by atoms with E-state index < -0.39 is 6.09 Å². The molecule has 68 valence electrons. The van der Waals surface area contributed by atoms with Crippen LogP contribution in [0.1, 0.15) is 26.7 Å². The van der Waals surface area contributed by atoms with Gasteiger partial charge in [-0.2, -0.15) is 5.26 Å². The number of carboxylic acid groups (broad SMARTS) is 1. The molecule has 0 aliphatic heterocycles. The maximum absolute atomic E-state index is 10.6. The Balaban J connectivity index is 4.05. The normalized spacial score (nSPS) is 11.8. The van der Waals surface area contributed by atoms with Gasteiger partial charge in [-0.25, -0.2) is 4.79 Å². The van der Waals surface area contributed by atoms with Crippen molar-refractivity contribution in [3.63, 3.8) is 0 Å². The van der Waals surface area contributed by atoms with Gasteiger partial charge < -0.3 is 10.0 Å². The summed E-state index contributed by atoms with van der Waals surface area (Å²) in [6, 6.07) is 1.92. The smallest absolute Gasteiger partial charge is 0.407 e. The van der Waals surface area contributed by atoms with E-state index in [0.29, 0.717) is 6.54 Å². The number of nitriles is 1. The molecule has 0 saturated carbocycles. The van der Waals surface area contributed by atoms with Crippen LogP contribution >= 0.6 is 0 Å². The van der Waals surface area contributed by atoms with Gasteiger partial charge >= 0.3 is 6.09 Å². The summed E-state index contributed by atoms with van der Waals surface area (Å²) in [6.45, 7) is 4.07. The molecule has 0 spiro atoms. The summed E-state index contributed by atoms with van der Waals surface area (Å²) in [5, 5.41) is 17.0. The fourth-order valence-corrected chi connectivity index (χ4v) is 0.895. The zero-order valence-corrected chi connectivity index (χ0v) is 7.45. The van der Waals surface area contributed by atoms with Gasteiger partial charge in [-0.1, -0.05) is 6.92 Å². The number of hydrogen-bond acceptors (Lipinski definition) is 2. The Labute approximate surface area is 72.4 Å². The van der Waals surface area contributed by atoms with Crippen molar-refractivity contribution in [2.24, 2.45) is 0 Å². The third kappa shape index (κ3) is 3.24. The van der Waals surface area contributed by atoms with Crippen LogP contribution in [0.5, 0.6) is 0 Å². The van der Waals surface area contributed by atoms with Gasteiger partial charge in [-0.3, -0.25) is 0 Å². The van der Waals surface area contributed by atoms with E-state index in [9.17, 15) is 4.79 Å². The van der Waals surface area contributed by atoms with Crippen LogP contribution < -0.4 is 0 Å². The minimum absolute atomic E-state index is 0.00384. The third-order valence-corrected chi connectivity index (χ3v) is 1.83. The molecular formula is C8H14N2O2. The van der Waals surface area contributed by atoms with Crippen molar-refractivity contribution in [2.75, 3.05) is 6.54 Å². The van der Waals surface area contributed by atoms with Crippen molar-refractivity contribution in [2.45, 2.75) is 32.7 Å². The highest BCUT2D eigenvalue weighted by Crippen LogP contribution is 2.04. The van der Waals surface area contributed by atoms with Crippen molar-refractivity contribution in [1.29, 1.82) is 5.26 Å². The number of carbonyl (C=O) groups is 1. The number of rotatable bonds is 4. The molecule has 4 heteroatoms. The first-order valence-electron chi connectivity index (χ1n) is 4.00. The van der Waals surface area contributed by atoms with Gasteiger partial charge in [0.2, 0.25) is 0 Å². The summed E-state index contributed by atoms with van der Waals surface area (Å²) in [4.78, 5) is 11.9. The maximum atomic E-state index is 10.6. The predicted octanol–water partition coefficient (Wildman–Crippen LogP) is 1.68. The fourth-order valence-electron chi connectivity index (χ4n) is 0.895. The Hall–Kier alpha value is -1.24. The lowest BCUT2D eigenvalue weighted by molar-refractivity contribution is 0.128. The Morgan fingerprint density at radius 3 is 2.67 bits per heavy atom.